The molecule has 6 nitrogen and oxygen atoms in total. The number of rotatable bonds is 4. The molecule has 1 atom stereocenters. The monoisotopic (exact) mass is 401 g/mol. The van der Waals surface area contributed by atoms with E-state index in [0.29, 0.717) is 6.54 Å². The van der Waals surface area contributed by atoms with Crippen molar-refractivity contribution in [3.63, 3.8) is 0 Å². The van der Waals surface area contributed by atoms with E-state index in [2.05, 4.69) is 23.4 Å². The Kier molecular flexibility index (Phi) is 4.87. The van der Waals surface area contributed by atoms with Gasteiger partial charge in [-0.2, -0.15) is 5.10 Å². The van der Waals surface area contributed by atoms with E-state index in [9.17, 15) is 4.79 Å². The van der Waals surface area contributed by atoms with Gasteiger partial charge in [0.15, 0.2) is 0 Å². The quantitative estimate of drug-likeness (QED) is 0.715. The Morgan fingerprint density at radius 2 is 1.90 bits per heavy atom. The first-order valence-electron chi connectivity index (χ1n) is 10.9. The number of nitrogens with one attached hydrogen (secondary N) is 1. The predicted molar refractivity (Wildman–Crippen MR) is 116 cm³/mol. The molecule has 1 aromatic carbocycles. The van der Waals surface area contributed by atoms with Gasteiger partial charge in [0.25, 0.3) is 0 Å². The number of amides is 1. The van der Waals surface area contributed by atoms with Crippen LogP contribution in [-0.4, -0.2) is 37.7 Å². The molecular formula is C24H27N5O. The second-order valence-corrected chi connectivity index (χ2v) is 8.24. The SMILES string of the molecule is CCN1C(=O)C2(CCCCC2)NC1c1cn(-c2ccccc2)nc1-c1cccnc1. The molecule has 0 bridgehead atoms. The Morgan fingerprint density at radius 3 is 2.60 bits per heavy atom. The largest absolute Gasteiger partial charge is 0.321 e. The lowest BCUT2D eigenvalue weighted by Gasteiger charge is -2.31. The van der Waals surface area contributed by atoms with E-state index in [1.54, 1.807) is 6.20 Å². The van der Waals surface area contributed by atoms with Gasteiger partial charge in [-0.1, -0.05) is 37.5 Å². The van der Waals surface area contributed by atoms with Crippen molar-refractivity contribution in [3.8, 4) is 16.9 Å². The van der Waals surface area contributed by atoms with Crippen molar-refractivity contribution in [3.05, 3.63) is 66.6 Å². The molecule has 0 radical (unpaired) electrons. The summed E-state index contributed by atoms with van der Waals surface area (Å²) < 4.78 is 1.91. The number of hydrogen-bond donors (Lipinski definition) is 1. The summed E-state index contributed by atoms with van der Waals surface area (Å²) in [7, 11) is 0. The smallest absolute Gasteiger partial charge is 0.244 e. The predicted octanol–water partition coefficient (Wildman–Crippen LogP) is 4.09. The third kappa shape index (κ3) is 3.12. The first-order valence-corrected chi connectivity index (χ1v) is 10.9. The molecule has 5 rings (SSSR count). The fraction of sp³-hybridized carbons (Fsp3) is 0.375. The van der Waals surface area contributed by atoms with E-state index in [1.165, 1.54) is 6.42 Å². The molecule has 2 aromatic heterocycles. The van der Waals surface area contributed by atoms with Gasteiger partial charge in [-0.25, -0.2) is 4.68 Å². The van der Waals surface area contributed by atoms with Crippen LogP contribution in [0.3, 0.4) is 0 Å². The molecular weight excluding hydrogens is 374 g/mol. The molecule has 3 aromatic rings. The van der Waals surface area contributed by atoms with Crippen molar-refractivity contribution < 1.29 is 4.79 Å². The van der Waals surface area contributed by atoms with Crippen LogP contribution in [0, 0.1) is 0 Å². The van der Waals surface area contributed by atoms with Gasteiger partial charge in [0.05, 0.1) is 11.2 Å². The molecule has 2 aliphatic rings. The molecule has 1 spiro atoms. The second-order valence-electron chi connectivity index (χ2n) is 8.24. The number of carbonyl (C=O) groups excluding carboxylic acids is 1. The van der Waals surface area contributed by atoms with E-state index in [0.717, 1.165) is 48.2 Å². The molecule has 1 unspecified atom stereocenters. The molecule has 1 saturated heterocycles. The Morgan fingerprint density at radius 1 is 1.10 bits per heavy atom. The highest BCUT2D eigenvalue weighted by molar-refractivity contribution is 5.89. The summed E-state index contributed by atoms with van der Waals surface area (Å²) in [5.41, 5.74) is 3.40. The Labute approximate surface area is 176 Å². The number of carbonyl (C=O) groups is 1. The fourth-order valence-corrected chi connectivity index (χ4v) is 4.91. The van der Waals surface area contributed by atoms with Crippen molar-refractivity contribution in [2.75, 3.05) is 6.54 Å². The highest BCUT2D eigenvalue weighted by Crippen LogP contribution is 2.41. The van der Waals surface area contributed by atoms with E-state index in [4.69, 9.17) is 5.10 Å². The highest BCUT2D eigenvalue weighted by atomic mass is 16.2. The van der Waals surface area contributed by atoms with Crippen LogP contribution < -0.4 is 5.32 Å². The van der Waals surface area contributed by atoms with Crippen molar-refractivity contribution in [2.24, 2.45) is 0 Å². The topological polar surface area (TPSA) is 63.1 Å². The van der Waals surface area contributed by atoms with Gasteiger partial charge in [0.2, 0.25) is 5.91 Å². The zero-order valence-electron chi connectivity index (χ0n) is 17.3. The molecule has 154 valence electrons. The summed E-state index contributed by atoms with van der Waals surface area (Å²) in [6.45, 7) is 2.72. The molecule has 1 N–H and O–H groups in total. The summed E-state index contributed by atoms with van der Waals surface area (Å²) in [5, 5.41) is 8.67. The van der Waals surface area contributed by atoms with Crippen LogP contribution in [0.25, 0.3) is 16.9 Å². The Bertz CT molecular complexity index is 1020. The number of pyridine rings is 1. The molecule has 1 amide bonds. The molecule has 3 heterocycles. The normalized spacial score (nSPS) is 20.8. The molecule has 1 saturated carbocycles. The lowest BCUT2D eigenvalue weighted by Crippen LogP contribution is -2.48. The molecule has 1 aliphatic heterocycles. The summed E-state index contributed by atoms with van der Waals surface area (Å²) >= 11 is 0. The second kappa shape index (κ2) is 7.69. The molecule has 2 fully saturated rings. The molecule has 1 aliphatic carbocycles. The zero-order valence-corrected chi connectivity index (χ0v) is 17.3. The standard InChI is InChI=1S/C24H27N5O/c1-2-28-22(26-24(23(28)30)13-7-4-8-14-24)20-17-29(19-11-5-3-6-12-19)27-21(20)18-10-9-15-25-16-18/h3,5-6,9-12,15-17,22,26H,2,4,7-8,13-14H2,1H3. The van der Waals surface area contributed by atoms with Gasteiger partial charge in [-0.05, 0) is 44.0 Å². The van der Waals surface area contributed by atoms with E-state index >= 15 is 0 Å². The Balaban J connectivity index is 1.62. The van der Waals surface area contributed by atoms with Crippen molar-refractivity contribution >= 4 is 5.91 Å². The van der Waals surface area contributed by atoms with Crippen molar-refractivity contribution in [2.45, 2.75) is 50.7 Å². The lowest BCUT2D eigenvalue weighted by atomic mass is 9.81. The first-order chi connectivity index (χ1) is 14.7. The maximum absolute atomic E-state index is 13.4. The Hall–Kier alpha value is -2.99. The number of likely N-dealkylation sites (N-methyl/N-ethyl adjacent to an activating group) is 1. The highest BCUT2D eigenvalue weighted by Gasteiger charge is 2.51. The minimum absolute atomic E-state index is 0.187. The first kappa shape index (κ1) is 19.0. The summed E-state index contributed by atoms with van der Waals surface area (Å²) in [6.07, 6.45) is 10.7. The van der Waals surface area contributed by atoms with Gasteiger partial charge < -0.3 is 4.90 Å². The summed E-state index contributed by atoms with van der Waals surface area (Å²) in [5.74, 6) is 0.235. The van der Waals surface area contributed by atoms with Gasteiger partial charge in [0.1, 0.15) is 11.9 Å². The summed E-state index contributed by atoms with van der Waals surface area (Å²) in [4.78, 5) is 19.7. The average molecular weight is 402 g/mol. The zero-order chi connectivity index (χ0) is 20.6. The number of hydrogen-bond acceptors (Lipinski definition) is 4. The fourth-order valence-electron chi connectivity index (χ4n) is 4.91. The van der Waals surface area contributed by atoms with E-state index in [-0.39, 0.29) is 12.1 Å². The third-order valence-electron chi connectivity index (χ3n) is 6.44. The van der Waals surface area contributed by atoms with Crippen LogP contribution in [0.15, 0.2) is 61.1 Å². The van der Waals surface area contributed by atoms with Gasteiger partial charge in [-0.15, -0.1) is 0 Å². The minimum Gasteiger partial charge on any atom is -0.321 e. The molecule has 6 heteroatoms. The van der Waals surface area contributed by atoms with Crippen LogP contribution >= 0.6 is 0 Å². The van der Waals surface area contributed by atoms with E-state index < -0.39 is 5.54 Å². The average Bonchev–Trinajstić information content (AvgIpc) is 3.36. The van der Waals surface area contributed by atoms with Crippen LogP contribution in [0.4, 0.5) is 0 Å². The maximum Gasteiger partial charge on any atom is 0.244 e. The molecule has 30 heavy (non-hydrogen) atoms. The number of benzene rings is 1. The minimum atomic E-state index is -0.431. The van der Waals surface area contributed by atoms with Gasteiger partial charge >= 0.3 is 0 Å². The van der Waals surface area contributed by atoms with Crippen LogP contribution in [-0.2, 0) is 4.79 Å². The van der Waals surface area contributed by atoms with Crippen LogP contribution in [0.5, 0.6) is 0 Å². The number of para-hydroxylation sites is 1. The van der Waals surface area contributed by atoms with Crippen molar-refractivity contribution in [1.82, 2.24) is 25.0 Å². The lowest BCUT2D eigenvalue weighted by molar-refractivity contribution is -0.134. The number of aromatic nitrogens is 3. The van der Waals surface area contributed by atoms with E-state index in [1.807, 2.05) is 58.2 Å². The maximum atomic E-state index is 13.4. The van der Waals surface area contributed by atoms with Crippen LogP contribution in [0.1, 0.15) is 50.8 Å². The van der Waals surface area contributed by atoms with Crippen molar-refractivity contribution in [1.29, 1.82) is 0 Å². The van der Waals surface area contributed by atoms with Gasteiger partial charge in [0, 0.05) is 36.3 Å². The number of nitrogens with zero attached hydrogens (tertiary/aromatic N) is 4. The summed E-state index contributed by atoms with van der Waals surface area (Å²) in [6, 6.07) is 14.0. The van der Waals surface area contributed by atoms with Crippen LogP contribution in [0.2, 0.25) is 0 Å². The third-order valence-corrected chi connectivity index (χ3v) is 6.44. The van der Waals surface area contributed by atoms with Gasteiger partial charge in [-0.3, -0.25) is 15.1 Å².